The summed E-state index contributed by atoms with van der Waals surface area (Å²) in [7, 11) is 1.69. The molecule has 1 aliphatic carbocycles. The van der Waals surface area contributed by atoms with Gasteiger partial charge in [-0.2, -0.15) is 0 Å². The largest absolute Gasteiger partial charge is 0.490 e. The number of carbonyl (C=O) groups excluding carboxylic acids is 1. The molecule has 1 fully saturated rings. The maximum Gasteiger partial charge on any atom is 0.228 e. The number of hydrogen-bond donors (Lipinski definition) is 1. The van der Waals surface area contributed by atoms with Crippen molar-refractivity contribution in [2.24, 2.45) is 11.7 Å². The molecular formula is C33H39Cl3N2O4. The molecule has 3 aromatic rings. The SMILES string of the molecule is COCCc1ccc(Cl)c(CN(C(=O)C(Cc2ccc(OCCOc3c(Cl)cc(C)cc3Cl)cc2)C(C)N)C2CC2)c1. The Labute approximate surface area is 264 Å². The zero-order chi connectivity index (χ0) is 30.2. The predicted octanol–water partition coefficient (Wildman–Crippen LogP) is 7.30. The van der Waals surface area contributed by atoms with Crippen LogP contribution in [0.5, 0.6) is 11.5 Å². The normalized spacial score (nSPS) is 14.4. The molecule has 1 aliphatic rings. The number of halogens is 3. The third kappa shape index (κ3) is 9.01. The molecule has 2 N–H and O–H groups in total. The molecule has 2 atom stereocenters. The van der Waals surface area contributed by atoms with Gasteiger partial charge in [0.25, 0.3) is 0 Å². The van der Waals surface area contributed by atoms with Crippen molar-refractivity contribution >= 4 is 40.7 Å². The standard InChI is InChI=1S/C33H39Cl3N2O4/c1-21-16-30(35)32(31(36)17-21)42-15-14-41-27-9-4-23(5-10-27)19-28(22(2)37)33(39)38(26-7-8-26)20-25-18-24(12-13-40-3)6-11-29(25)34/h4-6,9-11,16-18,22,26,28H,7-8,12-15,19-20,37H2,1-3H3. The van der Waals surface area contributed by atoms with Gasteiger partial charge in [0, 0.05) is 30.8 Å². The minimum atomic E-state index is -0.356. The summed E-state index contributed by atoms with van der Waals surface area (Å²) in [6.45, 7) is 5.54. The number of carbonyl (C=O) groups is 1. The van der Waals surface area contributed by atoms with Crippen LogP contribution in [0.15, 0.2) is 54.6 Å². The summed E-state index contributed by atoms with van der Waals surface area (Å²) < 4.78 is 16.8. The van der Waals surface area contributed by atoms with E-state index in [2.05, 4.69) is 6.07 Å². The molecule has 1 saturated carbocycles. The van der Waals surface area contributed by atoms with Crippen LogP contribution in [-0.2, 0) is 28.9 Å². The number of hydrogen-bond acceptors (Lipinski definition) is 5. The second-order valence-electron chi connectivity index (χ2n) is 10.9. The Balaban J connectivity index is 1.35. The fraction of sp³-hybridized carbons (Fsp3) is 0.424. The third-order valence-electron chi connectivity index (χ3n) is 7.39. The van der Waals surface area contributed by atoms with Crippen molar-refractivity contribution < 1.29 is 19.0 Å². The summed E-state index contributed by atoms with van der Waals surface area (Å²) >= 11 is 19.1. The zero-order valence-electron chi connectivity index (χ0n) is 24.4. The number of aryl methyl sites for hydroxylation is 1. The van der Waals surface area contributed by atoms with E-state index < -0.39 is 0 Å². The second-order valence-corrected chi connectivity index (χ2v) is 12.2. The number of ether oxygens (including phenoxy) is 3. The van der Waals surface area contributed by atoms with E-state index >= 15 is 0 Å². The lowest BCUT2D eigenvalue weighted by molar-refractivity contribution is -0.137. The Hall–Kier alpha value is -2.48. The first-order chi connectivity index (χ1) is 20.2. The van der Waals surface area contributed by atoms with Crippen molar-refractivity contribution in [2.75, 3.05) is 26.9 Å². The van der Waals surface area contributed by atoms with E-state index in [1.165, 1.54) is 0 Å². The summed E-state index contributed by atoms with van der Waals surface area (Å²) in [5.74, 6) is 0.868. The molecule has 9 heteroatoms. The van der Waals surface area contributed by atoms with Crippen molar-refractivity contribution in [3.63, 3.8) is 0 Å². The first-order valence-electron chi connectivity index (χ1n) is 14.3. The summed E-state index contributed by atoms with van der Waals surface area (Å²) in [6, 6.07) is 17.3. The Morgan fingerprint density at radius 1 is 0.929 bits per heavy atom. The fourth-order valence-corrected chi connectivity index (χ4v) is 5.78. The van der Waals surface area contributed by atoms with E-state index in [1.807, 2.05) is 67.3 Å². The van der Waals surface area contributed by atoms with Gasteiger partial charge in [-0.25, -0.2) is 0 Å². The monoisotopic (exact) mass is 632 g/mol. The summed E-state index contributed by atoms with van der Waals surface area (Å²) in [5.41, 5.74) is 10.5. The first kappa shape index (κ1) is 32.4. The molecule has 0 radical (unpaired) electrons. The second kappa shape index (κ2) is 15.3. The molecule has 0 saturated heterocycles. The lowest BCUT2D eigenvalue weighted by Gasteiger charge is -2.30. The lowest BCUT2D eigenvalue weighted by atomic mass is 9.91. The fourth-order valence-electron chi connectivity index (χ4n) is 4.90. The summed E-state index contributed by atoms with van der Waals surface area (Å²) in [4.78, 5) is 15.9. The molecule has 0 bridgehead atoms. The van der Waals surface area contributed by atoms with Crippen molar-refractivity contribution in [2.45, 2.75) is 58.2 Å². The highest BCUT2D eigenvalue weighted by molar-refractivity contribution is 6.37. The van der Waals surface area contributed by atoms with Crippen LogP contribution in [0.25, 0.3) is 0 Å². The molecule has 42 heavy (non-hydrogen) atoms. The van der Waals surface area contributed by atoms with Crippen LogP contribution in [0, 0.1) is 12.8 Å². The van der Waals surface area contributed by atoms with Crippen LogP contribution in [0.2, 0.25) is 15.1 Å². The molecule has 3 aromatic carbocycles. The van der Waals surface area contributed by atoms with Gasteiger partial charge in [0.15, 0.2) is 5.75 Å². The maximum atomic E-state index is 13.9. The third-order valence-corrected chi connectivity index (χ3v) is 8.32. The highest BCUT2D eigenvalue weighted by atomic mass is 35.5. The highest BCUT2D eigenvalue weighted by Crippen LogP contribution is 2.34. The molecule has 0 heterocycles. The average molecular weight is 634 g/mol. The van der Waals surface area contributed by atoms with Crippen molar-refractivity contribution in [1.82, 2.24) is 4.90 Å². The highest BCUT2D eigenvalue weighted by Gasteiger charge is 2.37. The van der Waals surface area contributed by atoms with Gasteiger partial charge in [-0.15, -0.1) is 0 Å². The average Bonchev–Trinajstić information content (AvgIpc) is 3.79. The van der Waals surface area contributed by atoms with Gasteiger partial charge in [-0.05, 0) is 92.1 Å². The van der Waals surface area contributed by atoms with Gasteiger partial charge in [-0.1, -0.05) is 59.1 Å². The Bertz CT molecular complexity index is 1320. The molecule has 6 nitrogen and oxygen atoms in total. The lowest BCUT2D eigenvalue weighted by Crippen LogP contribution is -2.44. The topological polar surface area (TPSA) is 74.0 Å². The Morgan fingerprint density at radius 3 is 2.19 bits per heavy atom. The minimum absolute atomic E-state index is 0.0664. The summed E-state index contributed by atoms with van der Waals surface area (Å²) in [6.07, 6.45) is 3.32. The van der Waals surface area contributed by atoms with Gasteiger partial charge >= 0.3 is 0 Å². The quantitative estimate of drug-likeness (QED) is 0.178. The number of nitrogens with two attached hydrogens (primary N) is 1. The van der Waals surface area contributed by atoms with Crippen LogP contribution in [0.4, 0.5) is 0 Å². The Morgan fingerprint density at radius 2 is 1.57 bits per heavy atom. The van der Waals surface area contributed by atoms with Crippen molar-refractivity contribution in [3.8, 4) is 11.5 Å². The van der Waals surface area contributed by atoms with E-state index in [0.29, 0.717) is 59.4 Å². The van der Waals surface area contributed by atoms with Gasteiger partial charge in [0.05, 0.1) is 22.6 Å². The van der Waals surface area contributed by atoms with Crippen LogP contribution >= 0.6 is 34.8 Å². The van der Waals surface area contributed by atoms with Crippen LogP contribution < -0.4 is 15.2 Å². The van der Waals surface area contributed by atoms with E-state index in [0.717, 1.165) is 41.5 Å². The summed E-state index contributed by atoms with van der Waals surface area (Å²) in [5, 5.41) is 1.61. The molecule has 0 aliphatic heterocycles. The number of benzene rings is 3. The number of amides is 1. The van der Waals surface area contributed by atoms with E-state index in [9.17, 15) is 4.79 Å². The minimum Gasteiger partial charge on any atom is -0.490 e. The maximum absolute atomic E-state index is 13.9. The van der Waals surface area contributed by atoms with Gasteiger partial charge in [0.1, 0.15) is 19.0 Å². The van der Waals surface area contributed by atoms with Gasteiger partial charge < -0.3 is 24.8 Å². The smallest absolute Gasteiger partial charge is 0.228 e. The molecular weight excluding hydrogens is 595 g/mol. The molecule has 0 spiro atoms. The molecule has 2 unspecified atom stereocenters. The molecule has 1 amide bonds. The van der Waals surface area contributed by atoms with E-state index in [1.54, 1.807) is 7.11 Å². The Kier molecular flexibility index (Phi) is 11.8. The van der Waals surface area contributed by atoms with Crippen LogP contribution in [-0.4, -0.2) is 49.8 Å². The van der Waals surface area contributed by atoms with Crippen LogP contribution in [0.1, 0.15) is 42.0 Å². The number of nitrogens with zero attached hydrogens (tertiary/aromatic N) is 1. The number of methoxy groups -OCH3 is 1. The van der Waals surface area contributed by atoms with E-state index in [-0.39, 0.29) is 23.9 Å². The van der Waals surface area contributed by atoms with Gasteiger partial charge in [-0.3, -0.25) is 4.79 Å². The van der Waals surface area contributed by atoms with Gasteiger partial charge in [0.2, 0.25) is 5.91 Å². The first-order valence-corrected chi connectivity index (χ1v) is 15.4. The number of rotatable bonds is 15. The molecule has 4 rings (SSSR count). The van der Waals surface area contributed by atoms with Crippen molar-refractivity contribution in [1.29, 1.82) is 0 Å². The molecule has 226 valence electrons. The van der Waals surface area contributed by atoms with Crippen molar-refractivity contribution in [3.05, 3.63) is 91.9 Å². The van der Waals surface area contributed by atoms with E-state index in [4.69, 9.17) is 54.7 Å². The van der Waals surface area contributed by atoms with Crippen LogP contribution in [0.3, 0.4) is 0 Å². The zero-order valence-corrected chi connectivity index (χ0v) is 26.6. The molecule has 0 aromatic heterocycles. The predicted molar refractivity (Wildman–Crippen MR) is 170 cm³/mol.